The van der Waals surface area contributed by atoms with Crippen molar-refractivity contribution in [2.45, 2.75) is 26.4 Å². The highest BCUT2D eigenvalue weighted by atomic mass is 16.5. The maximum absolute atomic E-state index is 8.91. The number of hydrogen-bond donors (Lipinski definition) is 0. The predicted octanol–water partition coefficient (Wildman–Crippen LogP) is 2.20. The Bertz CT molecular complexity index is 439. The van der Waals surface area contributed by atoms with E-state index in [1.807, 2.05) is 6.07 Å². The summed E-state index contributed by atoms with van der Waals surface area (Å²) in [6, 6.07) is 5.73. The maximum atomic E-state index is 8.91. The van der Waals surface area contributed by atoms with Crippen LogP contribution in [0.4, 0.5) is 5.82 Å². The summed E-state index contributed by atoms with van der Waals surface area (Å²) in [7, 11) is 0. The molecule has 0 aliphatic carbocycles. The van der Waals surface area contributed by atoms with E-state index in [4.69, 9.17) is 10.00 Å². The molecule has 0 radical (unpaired) electrons. The lowest BCUT2D eigenvalue weighted by atomic mass is 10.0. The van der Waals surface area contributed by atoms with Crippen LogP contribution in [-0.4, -0.2) is 30.8 Å². The lowest BCUT2D eigenvalue weighted by molar-refractivity contribution is 0.0273. The molecule has 2 heterocycles. The van der Waals surface area contributed by atoms with Gasteiger partial charge in [0.25, 0.3) is 0 Å². The molecule has 0 spiro atoms. The molecule has 0 bridgehead atoms. The molecule has 4 nitrogen and oxygen atoms in total. The van der Waals surface area contributed by atoms with Crippen LogP contribution in [0.15, 0.2) is 18.3 Å². The topological polar surface area (TPSA) is 49.2 Å². The number of pyridine rings is 1. The molecule has 0 saturated carbocycles. The molecule has 4 heteroatoms. The standard InChI is InChI=1S/C14H19N3O/c1-11(2)7-13-10-17(5-6-18-13)14-8-12(9-15)3-4-16-14/h3-4,8,11,13H,5-7,10H2,1-2H3. The predicted molar refractivity (Wildman–Crippen MR) is 70.4 cm³/mol. The Morgan fingerprint density at radius 1 is 1.61 bits per heavy atom. The third kappa shape index (κ3) is 3.21. The van der Waals surface area contributed by atoms with Gasteiger partial charge in [0, 0.05) is 19.3 Å². The van der Waals surface area contributed by atoms with E-state index < -0.39 is 0 Å². The van der Waals surface area contributed by atoms with E-state index >= 15 is 0 Å². The molecule has 1 saturated heterocycles. The van der Waals surface area contributed by atoms with E-state index in [-0.39, 0.29) is 6.10 Å². The number of ether oxygens (including phenoxy) is 1. The molecular formula is C14H19N3O. The second-order valence-electron chi connectivity index (χ2n) is 5.08. The highest BCUT2D eigenvalue weighted by Gasteiger charge is 2.22. The fraction of sp³-hybridized carbons (Fsp3) is 0.571. The van der Waals surface area contributed by atoms with Gasteiger partial charge in [-0.1, -0.05) is 13.8 Å². The zero-order chi connectivity index (χ0) is 13.0. The fourth-order valence-electron chi connectivity index (χ4n) is 2.26. The molecule has 1 unspecified atom stereocenters. The first-order chi connectivity index (χ1) is 8.69. The normalized spacial score (nSPS) is 19.9. The van der Waals surface area contributed by atoms with Crippen LogP contribution in [-0.2, 0) is 4.74 Å². The van der Waals surface area contributed by atoms with Crippen molar-refractivity contribution in [2.24, 2.45) is 5.92 Å². The van der Waals surface area contributed by atoms with Crippen molar-refractivity contribution in [3.05, 3.63) is 23.9 Å². The summed E-state index contributed by atoms with van der Waals surface area (Å²) in [4.78, 5) is 6.55. The number of morpholine rings is 1. The third-order valence-electron chi connectivity index (χ3n) is 3.07. The van der Waals surface area contributed by atoms with Gasteiger partial charge in [0.1, 0.15) is 5.82 Å². The summed E-state index contributed by atoms with van der Waals surface area (Å²) in [5, 5.41) is 8.91. The summed E-state index contributed by atoms with van der Waals surface area (Å²) in [5.74, 6) is 1.51. The average molecular weight is 245 g/mol. The maximum Gasteiger partial charge on any atom is 0.129 e. The van der Waals surface area contributed by atoms with Crippen LogP contribution in [0.2, 0.25) is 0 Å². The third-order valence-corrected chi connectivity index (χ3v) is 3.07. The summed E-state index contributed by atoms with van der Waals surface area (Å²) in [6.45, 7) is 6.85. The monoisotopic (exact) mass is 245 g/mol. The van der Waals surface area contributed by atoms with Crippen LogP contribution < -0.4 is 4.90 Å². The molecule has 0 N–H and O–H groups in total. The van der Waals surface area contributed by atoms with Crippen molar-refractivity contribution in [1.82, 2.24) is 4.98 Å². The van der Waals surface area contributed by atoms with Crippen LogP contribution >= 0.6 is 0 Å². The van der Waals surface area contributed by atoms with Crippen LogP contribution in [0.5, 0.6) is 0 Å². The van der Waals surface area contributed by atoms with Gasteiger partial charge >= 0.3 is 0 Å². The molecule has 1 aromatic heterocycles. The number of aromatic nitrogens is 1. The van der Waals surface area contributed by atoms with Gasteiger partial charge in [0.05, 0.1) is 24.3 Å². The highest BCUT2D eigenvalue weighted by molar-refractivity contribution is 5.45. The van der Waals surface area contributed by atoms with E-state index in [1.54, 1.807) is 12.3 Å². The number of nitrogens with zero attached hydrogens (tertiary/aromatic N) is 3. The van der Waals surface area contributed by atoms with Gasteiger partial charge in [-0.25, -0.2) is 4.98 Å². The zero-order valence-electron chi connectivity index (χ0n) is 11.0. The molecule has 1 aliphatic rings. The SMILES string of the molecule is CC(C)CC1CN(c2cc(C#N)ccn2)CCO1. The summed E-state index contributed by atoms with van der Waals surface area (Å²) < 4.78 is 5.76. The quantitative estimate of drug-likeness (QED) is 0.819. The van der Waals surface area contributed by atoms with Gasteiger partial charge < -0.3 is 9.64 Å². The smallest absolute Gasteiger partial charge is 0.129 e. The zero-order valence-corrected chi connectivity index (χ0v) is 11.0. The first kappa shape index (κ1) is 12.8. The molecule has 18 heavy (non-hydrogen) atoms. The molecule has 0 aromatic carbocycles. The van der Waals surface area contributed by atoms with Crippen molar-refractivity contribution in [1.29, 1.82) is 5.26 Å². The van der Waals surface area contributed by atoms with Gasteiger partial charge in [-0.2, -0.15) is 5.26 Å². The van der Waals surface area contributed by atoms with Crippen molar-refractivity contribution in [2.75, 3.05) is 24.6 Å². The number of nitriles is 1. The fourth-order valence-corrected chi connectivity index (χ4v) is 2.26. The Balaban J connectivity index is 2.06. The van der Waals surface area contributed by atoms with Gasteiger partial charge in [-0.15, -0.1) is 0 Å². The van der Waals surface area contributed by atoms with E-state index in [1.165, 1.54) is 0 Å². The first-order valence-electron chi connectivity index (χ1n) is 6.41. The first-order valence-corrected chi connectivity index (χ1v) is 6.41. The summed E-state index contributed by atoms with van der Waals surface area (Å²) in [6.07, 6.45) is 3.03. The molecular weight excluding hydrogens is 226 g/mol. The Kier molecular flexibility index (Phi) is 4.16. The van der Waals surface area contributed by atoms with Crippen molar-refractivity contribution >= 4 is 5.82 Å². The summed E-state index contributed by atoms with van der Waals surface area (Å²) >= 11 is 0. The molecule has 1 aliphatic heterocycles. The van der Waals surface area contributed by atoms with Crippen molar-refractivity contribution in [3.63, 3.8) is 0 Å². The molecule has 2 rings (SSSR count). The summed E-state index contributed by atoms with van der Waals surface area (Å²) in [5.41, 5.74) is 0.659. The molecule has 1 fully saturated rings. The second kappa shape index (κ2) is 5.83. The van der Waals surface area contributed by atoms with Crippen LogP contribution in [0.3, 0.4) is 0 Å². The largest absolute Gasteiger partial charge is 0.375 e. The van der Waals surface area contributed by atoms with Crippen molar-refractivity contribution in [3.8, 4) is 6.07 Å². The van der Waals surface area contributed by atoms with Crippen LogP contribution in [0.25, 0.3) is 0 Å². The number of rotatable bonds is 3. The molecule has 1 aromatic rings. The molecule has 0 amide bonds. The van der Waals surface area contributed by atoms with Crippen LogP contribution in [0, 0.1) is 17.2 Å². The molecule has 96 valence electrons. The Hall–Kier alpha value is -1.60. The van der Waals surface area contributed by atoms with E-state index in [9.17, 15) is 0 Å². The van der Waals surface area contributed by atoms with Crippen LogP contribution in [0.1, 0.15) is 25.8 Å². The Morgan fingerprint density at radius 2 is 2.44 bits per heavy atom. The second-order valence-corrected chi connectivity index (χ2v) is 5.08. The number of anilines is 1. The van der Waals surface area contributed by atoms with Crippen molar-refractivity contribution < 1.29 is 4.74 Å². The number of hydrogen-bond acceptors (Lipinski definition) is 4. The minimum Gasteiger partial charge on any atom is -0.375 e. The van der Waals surface area contributed by atoms with Gasteiger partial charge in [-0.05, 0) is 24.5 Å². The molecule has 1 atom stereocenters. The minimum absolute atomic E-state index is 0.270. The highest BCUT2D eigenvalue weighted by Crippen LogP contribution is 2.19. The van der Waals surface area contributed by atoms with E-state index in [0.717, 1.165) is 31.9 Å². The lowest BCUT2D eigenvalue weighted by Crippen LogP contribution is -2.43. The lowest BCUT2D eigenvalue weighted by Gasteiger charge is -2.34. The average Bonchev–Trinajstić information content (AvgIpc) is 2.38. The Morgan fingerprint density at radius 3 is 3.17 bits per heavy atom. The van der Waals surface area contributed by atoms with Gasteiger partial charge in [-0.3, -0.25) is 0 Å². The Labute approximate surface area is 108 Å². The van der Waals surface area contributed by atoms with E-state index in [2.05, 4.69) is 29.8 Å². The minimum atomic E-state index is 0.270. The van der Waals surface area contributed by atoms with E-state index in [0.29, 0.717) is 11.5 Å². The van der Waals surface area contributed by atoms with Gasteiger partial charge in [0.2, 0.25) is 0 Å². The van der Waals surface area contributed by atoms with Gasteiger partial charge in [0.15, 0.2) is 0 Å².